The molecule has 0 unspecified atom stereocenters. The van der Waals surface area contributed by atoms with E-state index in [4.69, 9.17) is 9.47 Å². The van der Waals surface area contributed by atoms with Gasteiger partial charge in [0.25, 0.3) is 0 Å². The SMILES string of the molecule is c1cnc2c(c1)CN(CC1CC1)CCCCCOc1ccccc1O2. The lowest BCUT2D eigenvalue weighted by molar-refractivity contribution is 0.242. The summed E-state index contributed by atoms with van der Waals surface area (Å²) in [4.78, 5) is 7.07. The Balaban J connectivity index is 1.61. The van der Waals surface area contributed by atoms with Gasteiger partial charge >= 0.3 is 0 Å². The first-order valence-electron chi connectivity index (χ1n) is 9.44. The second-order valence-electron chi connectivity index (χ2n) is 7.10. The number of hydrogen-bond donors (Lipinski definition) is 0. The summed E-state index contributed by atoms with van der Waals surface area (Å²) >= 11 is 0. The molecular formula is C21H26N2O2. The normalized spacial score (nSPS) is 19.2. The molecule has 1 aromatic heterocycles. The van der Waals surface area contributed by atoms with Crippen LogP contribution in [0.5, 0.6) is 17.4 Å². The van der Waals surface area contributed by atoms with Crippen molar-refractivity contribution in [2.75, 3.05) is 19.7 Å². The molecule has 4 nitrogen and oxygen atoms in total. The molecule has 1 saturated carbocycles. The monoisotopic (exact) mass is 338 g/mol. The number of ether oxygens (including phenoxy) is 2. The number of hydrogen-bond acceptors (Lipinski definition) is 4. The van der Waals surface area contributed by atoms with Crippen molar-refractivity contribution in [3.63, 3.8) is 0 Å². The second kappa shape index (κ2) is 7.87. The van der Waals surface area contributed by atoms with Crippen LogP contribution in [-0.2, 0) is 6.54 Å². The summed E-state index contributed by atoms with van der Waals surface area (Å²) in [5.74, 6) is 3.13. The molecular weight excluding hydrogens is 312 g/mol. The molecule has 2 heterocycles. The quantitative estimate of drug-likeness (QED) is 0.798. The minimum Gasteiger partial charge on any atom is -0.490 e. The van der Waals surface area contributed by atoms with Gasteiger partial charge in [-0.05, 0) is 62.8 Å². The molecule has 25 heavy (non-hydrogen) atoms. The van der Waals surface area contributed by atoms with Crippen molar-refractivity contribution >= 4 is 0 Å². The summed E-state index contributed by atoms with van der Waals surface area (Å²) in [6.45, 7) is 3.97. The zero-order valence-corrected chi connectivity index (χ0v) is 14.7. The highest BCUT2D eigenvalue weighted by molar-refractivity contribution is 5.42. The van der Waals surface area contributed by atoms with Gasteiger partial charge < -0.3 is 9.47 Å². The summed E-state index contributed by atoms with van der Waals surface area (Å²) in [5.41, 5.74) is 1.15. The van der Waals surface area contributed by atoms with Gasteiger partial charge in [0.2, 0.25) is 5.88 Å². The highest BCUT2D eigenvalue weighted by atomic mass is 16.5. The van der Waals surface area contributed by atoms with Crippen LogP contribution in [0.25, 0.3) is 0 Å². The van der Waals surface area contributed by atoms with E-state index in [0.717, 1.165) is 49.1 Å². The van der Waals surface area contributed by atoms with Crippen LogP contribution in [0.15, 0.2) is 42.6 Å². The average molecular weight is 338 g/mol. The minimum atomic E-state index is 0.693. The van der Waals surface area contributed by atoms with E-state index in [9.17, 15) is 0 Å². The van der Waals surface area contributed by atoms with Gasteiger partial charge in [0.15, 0.2) is 11.5 Å². The summed E-state index contributed by atoms with van der Waals surface area (Å²) in [6, 6.07) is 12.0. The van der Waals surface area contributed by atoms with Crippen LogP contribution in [0.4, 0.5) is 0 Å². The minimum absolute atomic E-state index is 0.693. The van der Waals surface area contributed by atoms with E-state index in [2.05, 4.69) is 16.0 Å². The van der Waals surface area contributed by atoms with E-state index in [1.165, 1.54) is 32.2 Å². The van der Waals surface area contributed by atoms with Crippen molar-refractivity contribution in [2.45, 2.75) is 38.6 Å². The van der Waals surface area contributed by atoms with Crippen LogP contribution in [0.2, 0.25) is 0 Å². The summed E-state index contributed by atoms with van der Waals surface area (Å²) in [7, 11) is 0. The lowest BCUT2D eigenvalue weighted by Crippen LogP contribution is -2.27. The standard InChI is InChI=1S/C21H26N2O2/c1-4-13-23(15-17-10-11-17)16-18-7-6-12-22-21(18)25-20-9-3-2-8-19(20)24-14-5-1/h2-3,6-9,12,17H,1,4-5,10-11,13-16H2. The summed E-state index contributed by atoms with van der Waals surface area (Å²) in [5, 5.41) is 0. The van der Waals surface area contributed by atoms with Crippen molar-refractivity contribution < 1.29 is 9.47 Å². The predicted molar refractivity (Wildman–Crippen MR) is 98.1 cm³/mol. The fraction of sp³-hybridized carbons (Fsp3) is 0.476. The molecule has 0 saturated heterocycles. The maximum absolute atomic E-state index is 6.16. The van der Waals surface area contributed by atoms with E-state index in [0.29, 0.717) is 5.88 Å². The van der Waals surface area contributed by atoms with Crippen LogP contribution in [0.1, 0.15) is 37.7 Å². The Bertz CT molecular complexity index is 700. The maximum Gasteiger partial charge on any atom is 0.223 e. The lowest BCUT2D eigenvalue weighted by Gasteiger charge is -2.23. The van der Waals surface area contributed by atoms with Crippen LogP contribution >= 0.6 is 0 Å². The number of fused-ring (bicyclic) bond motifs is 2. The van der Waals surface area contributed by atoms with Gasteiger partial charge in [0, 0.05) is 24.8 Å². The first kappa shape index (κ1) is 16.4. The van der Waals surface area contributed by atoms with Gasteiger partial charge in [-0.2, -0.15) is 0 Å². The molecule has 0 N–H and O–H groups in total. The second-order valence-corrected chi connectivity index (χ2v) is 7.10. The third-order valence-electron chi connectivity index (χ3n) is 4.89. The lowest BCUT2D eigenvalue weighted by atomic mass is 10.2. The van der Waals surface area contributed by atoms with E-state index in [-0.39, 0.29) is 0 Å². The largest absolute Gasteiger partial charge is 0.490 e. The van der Waals surface area contributed by atoms with Gasteiger partial charge in [0.1, 0.15) is 0 Å². The molecule has 132 valence electrons. The van der Waals surface area contributed by atoms with Crippen LogP contribution in [-0.4, -0.2) is 29.6 Å². The van der Waals surface area contributed by atoms with Gasteiger partial charge in [0.05, 0.1) is 6.61 Å². The Morgan fingerprint density at radius 3 is 2.76 bits per heavy atom. The van der Waals surface area contributed by atoms with Crippen LogP contribution < -0.4 is 9.47 Å². The van der Waals surface area contributed by atoms with Gasteiger partial charge in [-0.3, -0.25) is 4.90 Å². The average Bonchev–Trinajstić information content (AvgIpc) is 3.44. The van der Waals surface area contributed by atoms with Crippen LogP contribution in [0.3, 0.4) is 0 Å². The third-order valence-corrected chi connectivity index (χ3v) is 4.89. The molecule has 0 amide bonds. The summed E-state index contributed by atoms with van der Waals surface area (Å²) < 4.78 is 12.1. The van der Waals surface area contributed by atoms with Crippen molar-refractivity contribution in [1.29, 1.82) is 0 Å². The van der Waals surface area contributed by atoms with Crippen molar-refractivity contribution in [2.24, 2.45) is 5.92 Å². The van der Waals surface area contributed by atoms with Crippen molar-refractivity contribution in [3.8, 4) is 17.4 Å². The van der Waals surface area contributed by atoms with Gasteiger partial charge in [-0.1, -0.05) is 18.2 Å². The number of benzene rings is 1. The fourth-order valence-electron chi connectivity index (χ4n) is 3.33. The van der Waals surface area contributed by atoms with Crippen LogP contribution in [0, 0.1) is 5.92 Å². The summed E-state index contributed by atoms with van der Waals surface area (Å²) in [6.07, 6.45) is 8.06. The van der Waals surface area contributed by atoms with Crippen molar-refractivity contribution in [3.05, 3.63) is 48.2 Å². The molecule has 4 heteroatoms. The number of rotatable bonds is 2. The zero-order valence-electron chi connectivity index (χ0n) is 14.7. The molecule has 0 radical (unpaired) electrons. The molecule has 4 rings (SSSR count). The molecule has 0 atom stereocenters. The molecule has 0 bridgehead atoms. The highest BCUT2D eigenvalue weighted by Crippen LogP contribution is 2.34. The highest BCUT2D eigenvalue weighted by Gasteiger charge is 2.25. The van der Waals surface area contributed by atoms with E-state index in [1.807, 2.05) is 30.3 Å². The fourth-order valence-corrected chi connectivity index (χ4v) is 3.33. The zero-order chi connectivity index (χ0) is 16.9. The molecule has 2 aromatic rings. The van der Waals surface area contributed by atoms with Gasteiger partial charge in [-0.15, -0.1) is 0 Å². The topological polar surface area (TPSA) is 34.6 Å². The number of para-hydroxylation sites is 2. The Labute approximate surface area is 149 Å². The first-order valence-corrected chi connectivity index (χ1v) is 9.44. The first-order chi connectivity index (χ1) is 12.4. The Kier molecular flexibility index (Phi) is 5.17. The molecule has 2 aliphatic rings. The Morgan fingerprint density at radius 1 is 1.00 bits per heavy atom. The molecule has 0 spiro atoms. The van der Waals surface area contributed by atoms with Gasteiger partial charge in [-0.25, -0.2) is 4.98 Å². The van der Waals surface area contributed by atoms with E-state index >= 15 is 0 Å². The van der Waals surface area contributed by atoms with Crippen molar-refractivity contribution in [1.82, 2.24) is 9.88 Å². The Hall–Kier alpha value is -2.07. The van der Waals surface area contributed by atoms with E-state index < -0.39 is 0 Å². The number of pyridine rings is 1. The van der Waals surface area contributed by atoms with E-state index in [1.54, 1.807) is 6.20 Å². The Morgan fingerprint density at radius 2 is 1.88 bits per heavy atom. The molecule has 1 fully saturated rings. The number of nitrogens with zero attached hydrogens (tertiary/aromatic N) is 2. The smallest absolute Gasteiger partial charge is 0.223 e. The number of aromatic nitrogens is 1. The molecule has 1 aliphatic carbocycles. The predicted octanol–water partition coefficient (Wildman–Crippen LogP) is 4.65. The third kappa shape index (κ3) is 4.51. The molecule has 1 aromatic carbocycles. The molecule has 1 aliphatic heterocycles. The maximum atomic E-state index is 6.16.